The summed E-state index contributed by atoms with van der Waals surface area (Å²) in [6.45, 7) is 9.93. The van der Waals surface area contributed by atoms with Gasteiger partial charge in [-0.3, -0.25) is 9.69 Å². The van der Waals surface area contributed by atoms with Crippen molar-refractivity contribution in [2.75, 3.05) is 49.6 Å². The van der Waals surface area contributed by atoms with Crippen molar-refractivity contribution >= 4 is 34.9 Å². The molecule has 8 heteroatoms. The predicted octanol–water partition coefficient (Wildman–Crippen LogP) is 5.47. The largest absolute Gasteiger partial charge is 0.482 e. The van der Waals surface area contributed by atoms with E-state index in [-0.39, 0.29) is 19.1 Å². The number of nitrogens with zero attached hydrogens (tertiary/aromatic N) is 2. The number of hydrogen-bond donors (Lipinski definition) is 1. The number of carbonyl (C=O) groups is 2. The number of benzene rings is 3. The number of esters is 1. The third-order valence-corrected chi connectivity index (χ3v) is 6.75. The topological polar surface area (TPSA) is 71.1 Å². The Morgan fingerprint density at radius 3 is 2.39 bits per heavy atom. The molecule has 1 heterocycles. The van der Waals surface area contributed by atoms with Crippen molar-refractivity contribution in [3.05, 3.63) is 87.9 Å². The minimum Gasteiger partial charge on any atom is -0.482 e. The van der Waals surface area contributed by atoms with Crippen LogP contribution in [0.1, 0.15) is 34.0 Å². The van der Waals surface area contributed by atoms with Crippen LogP contribution in [-0.2, 0) is 16.1 Å². The van der Waals surface area contributed by atoms with Gasteiger partial charge in [0.15, 0.2) is 6.61 Å². The van der Waals surface area contributed by atoms with Gasteiger partial charge in [-0.05, 0) is 61.7 Å². The summed E-state index contributed by atoms with van der Waals surface area (Å²) in [7, 11) is 0. The lowest BCUT2D eigenvalue weighted by atomic mass is 10.1. The number of aryl methyl sites for hydroxylation is 2. The molecule has 0 saturated carbocycles. The second kappa shape index (κ2) is 12.8. The van der Waals surface area contributed by atoms with Crippen LogP contribution in [0.2, 0.25) is 5.02 Å². The Kier molecular flexibility index (Phi) is 9.26. The average molecular weight is 536 g/mol. The highest BCUT2D eigenvalue weighted by Crippen LogP contribution is 2.31. The Bertz CT molecular complexity index is 1250. The number of rotatable bonds is 9. The fourth-order valence-electron chi connectivity index (χ4n) is 4.65. The summed E-state index contributed by atoms with van der Waals surface area (Å²) in [5.74, 6) is -0.283. The van der Waals surface area contributed by atoms with Crippen LogP contribution in [-0.4, -0.2) is 56.2 Å². The second-order valence-corrected chi connectivity index (χ2v) is 9.84. The third kappa shape index (κ3) is 7.05. The van der Waals surface area contributed by atoms with Gasteiger partial charge in [0.25, 0.3) is 5.91 Å². The Balaban J connectivity index is 1.46. The average Bonchev–Trinajstić information content (AvgIpc) is 2.89. The van der Waals surface area contributed by atoms with Crippen LogP contribution in [0.5, 0.6) is 5.75 Å². The zero-order valence-corrected chi connectivity index (χ0v) is 22.9. The van der Waals surface area contributed by atoms with Crippen molar-refractivity contribution < 1.29 is 19.1 Å². The smallest absolute Gasteiger partial charge is 0.338 e. The van der Waals surface area contributed by atoms with Crippen LogP contribution >= 0.6 is 11.6 Å². The van der Waals surface area contributed by atoms with Crippen LogP contribution < -0.4 is 15.0 Å². The molecule has 0 atom stereocenters. The first-order valence-corrected chi connectivity index (χ1v) is 13.2. The Hall–Kier alpha value is -3.55. The van der Waals surface area contributed by atoms with Crippen molar-refractivity contribution in [1.29, 1.82) is 0 Å². The molecule has 0 aliphatic carbocycles. The SMILES string of the molecule is CCOC(=O)c1ccc(N2CCN(Cc3ccccc3)CC2)c(NC(=O)COc2c(C)cc(C)cc2Cl)c1. The summed E-state index contributed by atoms with van der Waals surface area (Å²) in [4.78, 5) is 30.0. The lowest BCUT2D eigenvalue weighted by molar-refractivity contribution is -0.118. The summed E-state index contributed by atoms with van der Waals surface area (Å²) in [6.07, 6.45) is 0. The molecule has 1 aliphatic rings. The first-order chi connectivity index (χ1) is 18.3. The van der Waals surface area contributed by atoms with Crippen LogP contribution in [0.3, 0.4) is 0 Å². The summed E-state index contributed by atoms with van der Waals surface area (Å²) in [5, 5.41) is 3.41. The van der Waals surface area contributed by atoms with E-state index in [1.165, 1.54) is 5.56 Å². The lowest BCUT2D eigenvalue weighted by Gasteiger charge is -2.37. The van der Waals surface area contributed by atoms with E-state index in [0.29, 0.717) is 22.0 Å². The van der Waals surface area contributed by atoms with E-state index in [0.717, 1.165) is 49.5 Å². The standard InChI is InChI=1S/C30H34ClN3O4/c1-4-37-30(36)24-10-11-27(34-14-12-33(13-15-34)19-23-8-6-5-7-9-23)26(18-24)32-28(35)20-38-29-22(3)16-21(2)17-25(29)31/h5-11,16-18H,4,12-15,19-20H2,1-3H3,(H,32,35). The molecule has 0 unspecified atom stereocenters. The van der Waals surface area contributed by atoms with Gasteiger partial charge in [0, 0.05) is 32.7 Å². The molecule has 0 radical (unpaired) electrons. The molecule has 1 aliphatic heterocycles. The summed E-state index contributed by atoms with van der Waals surface area (Å²) >= 11 is 6.33. The summed E-state index contributed by atoms with van der Waals surface area (Å²) in [5.41, 5.74) is 4.96. The van der Waals surface area contributed by atoms with Gasteiger partial charge in [-0.2, -0.15) is 0 Å². The van der Waals surface area contributed by atoms with E-state index < -0.39 is 5.97 Å². The fourth-order valence-corrected chi connectivity index (χ4v) is 5.03. The van der Waals surface area contributed by atoms with E-state index in [2.05, 4.69) is 39.4 Å². The molecule has 3 aromatic rings. The van der Waals surface area contributed by atoms with Gasteiger partial charge in [0.05, 0.1) is 28.6 Å². The highest BCUT2D eigenvalue weighted by molar-refractivity contribution is 6.32. The monoisotopic (exact) mass is 535 g/mol. The van der Waals surface area contributed by atoms with Crippen molar-refractivity contribution in [2.45, 2.75) is 27.3 Å². The van der Waals surface area contributed by atoms with Crippen molar-refractivity contribution in [3.8, 4) is 5.75 Å². The van der Waals surface area contributed by atoms with Gasteiger partial charge in [-0.15, -0.1) is 0 Å². The number of hydrogen-bond acceptors (Lipinski definition) is 6. The summed E-state index contributed by atoms with van der Waals surface area (Å²) in [6, 6.07) is 19.5. The molecule has 1 fully saturated rings. The maximum atomic E-state index is 13.0. The quantitative estimate of drug-likeness (QED) is 0.366. The molecule has 4 rings (SSSR count). The highest BCUT2D eigenvalue weighted by Gasteiger charge is 2.22. The van der Waals surface area contributed by atoms with Gasteiger partial charge < -0.3 is 19.7 Å². The van der Waals surface area contributed by atoms with Crippen LogP contribution in [0.4, 0.5) is 11.4 Å². The molecule has 0 aromatic heterocycles. The van der Waals surface area contributed by atoms with Gasteiger partial charge in [0.1, 0.15) is 5.75 Å². The fraction of sp³-hybridized carbons (Fsp3) is 0.333. The first-order valence-electron chi connectivity index (χ1n) is 12.9. The second-order valence-electron chi connectivity index (χ2n) is 9.43. The van der Waals surface area contributed by atoms with Crippen LogP contribution in [0, 0.1) is 13.8 Å². The molecule has 38 heavy (non-hydrogen) atoms. The number of nitrogens with one attached hydrogen (secondary N) is 1. The van der Waals surface area contributed by atoms with Gasteiger partial charge in [-0.25, -0.2) is 4.79 Å². The lowest BCUT2D eigenvalue weighted by Crippen LogP contribution is -2.46. The minimum atomic E-state index is -0.430. The normalized spacial score (nSPS) is 13.7. The molecule has 7 nitrogen and oxygen atoms in total. The van der Waals surface area contributed by atoms with E-state index >= 15 is 0 Å². The zero-order valence-electron chi connectivity index (χ0n) is 22.1. The van der Waals surface area contributed by atoms with Gasteiger partial charge in [-0.1, -0.05) is 48.0 Å². The first kappa shape index (κ1) is 27.5. The number of anilines is 2. The van der Waals surface area contributed by atoms with Crippen molar-refractivity contribution in [1.82, 2.24) is 4.90 Å². The van der Waals surface area contributed by atoms with Crippen molar-refractivity contribution in [2.24, 2.45) is 0 Å². The maximum Gasteiger partial charge on any atom is 0.338 e. The maximum absolute atomic E-state index is 13.0. The molecular formula is C30H34ClN3O4. The molecule has 0 bridgehead atoms. The molecular weight excluding hydrogens is 502 g/mol. The number of halogens is 1. The Labute approximate surface area is 229 Å². The summed E-state index contributed by atoms with van der Waals surface area (Å²) < 4.78 is 10.9. The van der Waals surface area contributed by atoms with E-state index in [1.54, 1.807) is 25.1 Å². The Morgan fingerprint density at radius 1 is 0.974 bits per heavy atom. The highest BCUT2D eigenvalue weighted by atomic mass is 35.5. The third-order valence-electron chi connectivity index (χ3n) is 6.47. The molecule has 0 spiro atoms. The molecule has 200 valence electrons. The van der Waals surface area contributed by atoms with E-state index in [9.17, 15) is 9.59 Å². The van der Waals surface area contributed by atoms with Crippen molar-refractivity contribution in [3.63, 3.8) is 0 Å². The molecule has 3 aromatic carbocycles. The van der Waals surface area contributed by atoms with Crippen LogP contribution in [0.25, 0.3) is 0 Å². The minimum absolute atomic E-state index is 0.211. The number of amides is 1. The number of ether oxygens (including phenoxy) is 2. The zero-order chi connectivity index (χ0) is 27.1. The predicted molar refractivity (Wildman–Crippen MR) is 151 cm³/mol. The van der Waals surface area contributed by atoms with E-state index in [4.69, 9.17) is 21.1 Å². The molecule has 1 N–H and O–H groups in total. The van der Waals surface area contributed by atoms with Crippen LogP contribution in [0.15, 0.2) is 60.7 Å². The molecule has 1 saturated heterocycles. The number of piperazine rings is 1. The number of carbonyl (C=O) groups excluding carboxylic acids is 2. The van der Waals surface area contributed by atoms with Gasteiger partial charge >= 0.3 is 5.97 Å². The van der Waals surface area contributed by atoms with E-state index in [1.807, 2.05) is 32.0 Å². The molecule has 1 amide bonds. The van der Waals surface area contributed by atoms with Gasteiger partial charge in [0.2, 0.25) is 0 Å². The Morgan fingerprint density at radius 2 is 1.71 bits per heavy atom.